The van der Waals surface area contributed by atoms with Gasteiger partial charge >= 0.3 is 6.18 Å². The van der Waals surface area contributed by atoms with Crippen molar-refractivity contribution in [1.29, 1.82) is 0 Å². The summed E-state index contributed by atoms with van der Waals surface area (Å²) in [5, 5.41) is 0. The highest BCUT2D eigenvalue weighted by molar-refractivity contribution is 7.91. The van der Waals surface area contributed by atoms with Gasteiger partial charge in [0.05, 0.1) is 22.7 Å². The van der Waals surface area contributed by atoms with Crippen LogP contribution in [-0.4, -0.2) is 17.8 Å². The number of rotatable bonds is 5. The van der Waals surface area contributed by atoms with Crippen LogP contribution in [0.5, 0.6) is 0 Å². The number of nitrogens with zero attached hydrogens (tertiary/aromatic N) is 2. The predicted molar refractivity (Wildman–Crippen MR) is 108 cm³/mol. The number of benzene rings is 2. The van der Waals surface area contributed by atoms with Gasteiger partial charge in [-0.2, -0.15) is 13.2 Å². The molecule has 0 radical (unpaired) electrons. The first-order valence-corrected chi connectivity index (χ1v) is 10.6. The maximum absolute atomic E-state index is 12.7. The number of alkyl halides is 3. The van der Waals surface area contributed by atoms with E-state index < -0.39 is 27.5 Å². The maximum atomic E-state index is 12.7. The first kappa shape index (κ1) is 20.0. The highest BCUT2D eigenvalue weighted by Crippen LogP contribution is 2.30. The number of hydrogen-bond acceptors (Lipinski definition) is 3. The molecule has 0 aliphatic heterocycles. The molecule has 0 amide bonds. The molecule has 1 N–H and O–H groups in total. The Labute approximate surface area is 170 Å². The van der Waals surface area contributed by atoms with Crippen LogP contribution in [0.3, 0.4) is 0 Å². The van der Waals surface area contributed by atoms with Crippen molar-refractivity contribution in [1.82, 2.24) is 9.38 Å². The Morgan fingerprint density at radius 3 is 2.33 bits per heavy atom. The number of para-hydroxylation sites is 1. The van der Waals surface area contributed by atoms with E-state index >= 15 is 0 Å². The van der Waals surface area contributed by atoms with Gasteiger partial charge in [-0.25, -0.2) is 13.4 Å². The van der Waals surface area contributed by atoms with E-state index in [1.807, 2.05) is 28.8 Å². The van der Waals surface area contributed by atoms with Gasteiger partial charge in [-0.15, -0.1) is 0 Å². The van der Waals surface area contributed by atoms with Crippen molar-refractivity contribution in [3.8, 4) is 11.3 Å². The van der Waals surface area contributed by atoms with Gasteiger partial charge in [-0.1, -0.05) is 36.4 Å². The van der Waals surface area contributed by atoms with Gasteiger partial charge < -0.3 is 4.40 Å². The van der Waals surface area contributed by atoms with E-state index in [0.29, 0.717) is 16.9 Å². The monoisotopic (exact) mass is 431 g/mol. The summed E-state index contributed by atoms with van der Waals surface area (Å²) >= 11 is 0. The molecule has 0 saturated carbocycles. The van der Waals surface area contributed by atoms with Gasteiger partial charge in [0.25, 0.3) is 0 Å². The number of nitrogens with one attached hydrogen (secondary N) is 1. The zero-order valence-corrected chi connectivity index (χ0v) is 16.3. The molecule has 0 aliphatic rings. The third kappa shape index (κ3) is 4.30. The summed E-state index contributed by atoms with van der Waals surface area (Å²) in [5.74, 6) is -0.454. The van der Waals surface area contributed by atoms with E-state index in [4.69, 9.17) is 0 Å². The molecule has 2 aromatic carbocycles. The fourth-order valence-electron chi connectivity index (χ4n) is 3.07. The van der Waals surface area contributed by atoms with Gasteiger partial charge in [0.1, 0.15) is 5.65 Å². The molecule has 4 aromatic rings. The predicted octanol–water partition coefficient (Wildman–Crippen LogP) is 4.96. The molecule has 0 aliphatic carbocycles. The van der Waals surface area contributed by atoms with Crippen molar-refractivity contribution >= 4 is 21.4 Å². The quantitative estimate of drug-likeness (QED) is 0.486. The van der Waals surface area contributed by atoms with Crippen LogP contribution in [0.15, 0.2) is 79.1 Å². The Morgan fingerprint density at radius 2 is 1.63 bits per heavy atom. The van der Waals surface area contributed by atoms with Crippen molar-refractivity contribution in [2.75, 3.05) is 4.72 Å². The first-order valence-electron chi connectivity index (χ1n) is 8.91. The molecular formula is C21H16F3N3O2S. The van der Waals surface area contributed by atoms with Gasteiger partial charge in [0, 0.05) is 18.0 Å². The molecule has 0 spiro atoms. The third-order valence-corrected chi connectivity index (χ3v) is 5.71. The first-order chi connectivity index (χ1) is 14.2. The molecule has 2 aromatic heterocycles. The molecule has 0 atom stereocenters. The lowest BCUT2D eigenvalue weighted by Gasteiger charge is -2.12. The molecule has 0 saturated heterocycles. The van der Waals surface area contributed by atoms with Crippen LogP contribution in [0.25, 0.3) is 16.9 Å². The van der Waals surface area contributed by atoms with Gasteiger partial charge in [-0.3, -0.25) is 4.72 Å². The maximum Gasteiger partial charge on any atom is 0.416 e. The van der Waals surface area contributed by atoms with Crippen molar-refractivity contribution in [2.45, 2.75) is 11.9 Å². The largest absolute Gasteiger partial charge is 0.416 e. The summed E-state index contributed by atoms with van der Waals surface area (Å²) in [6, 6.07) is 16.4. The lowest BCUT2D eigenvalue weighted by atomic mass is 10.1. The van der Waals surface area contributed by atoms with Crippen LogP contribution >= 0.6 is 0 Å². The van der Waals surface area contributed by atoms with E-state index in [9.17, 15) is 21.6 Å². The topological polar surface area (TPSA) is 63.5 Å². The van der Waals surface area contributed by atoms with Crippen LogP contribution < -0.4 is 4.72 Å². The van der Waals surface area contributed by atoms with Crippen molar-refractivity contribution in [2.24, 2.45) is 0 Å². The zero-order valence-electron chi connectivity index (χ0n) is 15.5. The standard InChI is InChI=1S/C21H16F3N3O2S/c22-21(23,24)16-10-8-15(9-11-16)14-30(28,29)26-18-6-2-1-5-17(18)19-13-27-12-4-3-7-20(27)25-19/h1-13,26H,14H2. The fourth-order valence-corrected chi connectivity index (χ4v) is 4.29. The minimum absolute atomic E-state index is 0.251. The lowest BCUT2D eigenvalue weighted by Crippen LogP contribution is -2.16. The average molecular weight is 431 g/mol. The number of pyridine rings is 1. The van der Waals surface area contributed by atoms with Gasteiger partial charge in [0.2, 0.25) is 10.0 Å². The summed E-state index contributed by atoms with van der Waals surface area (Å²) in [7, 11) is -3.86. The van der Waals surface area contributed by atoms with Crippen LogP contribution in [0.1, 0.15) is 11.1 Å². The average Bonchev–Trinajstić information content (AvgIpc) is 3.11. The third-order valence-electron chi connectivity index (χ3n) is 4.47. The number of hydrogen-bond donors (Lipinski definition) is 1. The summed E-state index contributed by atoms with van der Waals surface area (Å²) < 4.78 is 67.7. The molecule has 2 heterocycles. The molecular weight excluding hydrogens is 415 g/mol. The SMILES string of the molecule is O=S(=O)(Cc1ccc(C(F)(F)F)cc1)Nc1ccccc1-c1cn2ccccc2n1. The Balaban J connectivity index is 1.59. The summed E-state index contributed by atoms with van der Waals surface area (Å²) in [6.07, 6.45) is -0.843. The van der Waals surface area contributed by atoms with Gasteiger partial charge in [0.15, 0.2) is 0 Å². The second-order valence-corrected chi connectivity index (χ2v) is 8.42. The molecule has 154 valence electrons. The molecule has 0 bridgehead atoms. The Bertz CT molecular complexity index is 1260. The number of sulfonamides is 1. The van der Waals surface area contributed by atoms with Crippen molar-refractivity contribution < 1.29 is 21.6 Å². The molecule has 4 rings (SSSR count). The highest BCUT2D eigenvalue weighted by atomic mass is 32.2. The van der Waals surface area contributed by atoms with E-state index in [1.54, 1.807) is 30.5 Å². The van der Waals surface area contributed by atoms with E-state index in [1.165, 1.54) is 0 Å². The Morgan fingerprint density at radius 1 is 0.933 bits per heavy atom. The van der Waals surface area contributed by atoms with Crippen LogP contribution in [0, 0.1) is 0 Å². The van der Waals surface area contributed by atoms with E-state index in [-0.39, 0.29) is 5.56 Å². The summed E-state index contributed by atoms with van der Waals surface area (Å²) in [5.41, 5.74) is 1.67. The minimum atomic E-state index is -4.47. The molecule has 0 fully saturated rings. The lowest BCUT2D eigenvalue weighted by molar-refractivity contribution is -0.137. The van der Waals surface area contributed by atoms with Crippen molar-refractivity contribution in [3.05, 3.63) is 90.3 Å². The van der Waals surface area contributed by atoms with Crippen molar-refractivity contribution in [3.63, 3.8) is 0 Å². The van der Waals surface area contributed by atoms with Crippen LogP contribution in [0.4, 0.5) is 18.9 Å². The molecule has 0 unspecified atom stereocenters. The number of anilines is 1. The normalized spacial score (nSPS) is 12.2. The number of halogens is 3. The number of imidazole rings is 1. The Hall–Kier alpha value is -3.33. The second-order valence-electron chi connectivity index (χ2n) is 6.69. The molecule has 5 nitrogen and oxygen atoms in total. The minimum Gasteiger partial charge on any atom is -0.306 e. The molecule has 9 heteroatoms. The van der Waals surface area contributed by atoms with E-state index in [2.05, 4.69) is 9.71 Å². The summed E-state index contributed by atoms with van der Waals surface area (Å²) in [4.78, 5) is 4.51. The fraction of sp³-hybridized carbons (Fsp3) is 0.0952. The van der Waals surface area contributed by atoms with Crippen LogP contribution in [0.2, 0.25) is 0 Å². The van der Waals surface area contributed by atoms with E-state index in [0.717, 1.165) is 29.9 Å². The smallest absolute Gasteiger partial charge is 0.306 e. The van der Waals surface area contributed by atoms with Gasteiger partial charge in [-0.05, 0) is 35.9 Å². The Kier molecular flexibility index (Phi) is 4.98. The number of aromatic nitrogens is 2. The zero-order chi connectivity index (χ0) is 21.4. The number of fused-ring (bicyclic) bond motifs is 1. The summed E-state index contributed by atoms with van der Waals surface area (Å²) in [6.45, 7) is 0. The molecule has 30 heavy (non-hydrogen) atoms. The van der Waals surface area contributed by atoms with Crippen LogP contribution in [-0.2, 0) is 22.0 Å². The highest BCUT2D eigenvalue weighted by Gasteiger charge is 2.30. The second kappa shape index (κ2) is 7.49.